The van der Waals surface area contributed by atoms with Gasteiger partial charge in [-0.05, 0) is 19.1 Å². The molecule has 0 aliphatic heterocycles. The number of benzene rings is 1. The van der Waals surface area contributed by atoms with E-state index in [4.69, 9.17) is 23.2 Å². The molecular formula is C10H6Cl2N4. The zero-order valence-corrected chi connectivity index (χ0v) is 9.79. The molecule has 80 valence electrons. The summed E-state index contributed by atoms with van der Waals surface area (Å²) in [5.41, 5.74) is 0.688. The number of hydrogen-bond acceptors (Lipinski definition) is 3. The summed E-state index contributed by atoms with van der Waals surface area (Å²) in [5, 5.41) is 15.1. The molecule has 2 heterocycles. The highest BCUT2D eigenvalue weighted by Crippen LogP contribution is 2.29. The van der Waals surface area contributed by atoms with Crippen molar-refractivity contribution in [1.29, 1.82) is 0 Å². The number of fused-ring (bicyclic) bond motifs is 3. The molecule has 0 fully saturated rings. The maximum absolute atomic E-state index is 5.99. The summed E-state index contributed by atoms with van der Waals surface area (Å²) in [6, 6.07) is 3.56. The monoisotopic (exact) mass is 252 g/mol. The highest BCUT2D eigenvalue weighted by Gasteiger charge is 2.09. The first kappa shape index (κ1) is 9.81. The Balaban J connectivity index is 2.55. The normalized spacial score (nSPS) is 11.4. The van der Waals surface area contributed by atoms with Crippen LogP contribution in [0.4, 0.5) is 0 Å². The van der Waals surface area contributed by atoms with Gasteiger partial charge >= 0.3 is 0 Å². The second-order valence-corrected chi connectivity index (χ2v) is 4.30. The minimum Gasteiger partial charge on any atom is -0.197 e. The molecule has 0 aliphatic carbocycles. The fraction of sp³-hybridized carbons (Fsp3) is 0.100. The van der Waals surface area contributed by atoms with Crippen LogP contribution < -0.4 is 0 Å². The zero-order chi connectivity index (χ0) is 11.3. The number of aromatic nitrogens is 4. The van der Waals surface area contributed by atoms with E-state index >= 15 is 0 Å². The van der Waals surface area contributed by atoms with E-state index in [0.717, 1.165) is 16.6 Å². The highest BCUT2D eigenvalue weighted by atomic mass is 35.5. The molecular weight excluding hydrogens is 247 g/mol. The number of rotatable bonds is 0. The Morgan fingerprint density at radius 3 is 2.69 bits per heavy atom. The Bertz CT molecular complexity index is 705. The van der Waals surface area contributed by atoms with E-state index in [2.05, 4.69) is 15.3 Å². The summed E-state index contributed by atoms with van der Waals surface area (Å²) in [6.07, 6.45) is 1.72. The van der Waals surface area contributed by atoms with E-state index in [1.54, 1.807) is 22.8 Å². The van der Waals surface area contributed by atoms with Crippen LogP contribution in [0.25, 0.3) is 16.4 Å². The molecule has 2 aromatic heterocycles. The van der Waals surface area contributed by atoms with Crippen molar-refractivity contribution in [2.45, 2.75) is 6.92 Å². The van der Waals surface area contributed by atoms with Gasteiger partial charge in [0.15, 0.2) is 11.5 Å². The van der Waals surface area contributed by atoms with Gasteiger partial charge in [0.2, 0.25) is 0 Å². The molecule has 0 saturated carbocycles. The summed E-state index contributed by atoms with van der Waals surface area (Å²) >= 11 is 11.9. The van der Waals surface area contributed by atoms with Crippen LogP contribution in [0, 0.1) is 6.92 Å². The average molecular weight is 253 g/mol. The lowest BCUT2D eigenvalue weighted by Gasteiger charge is -2.02. The van der Waals surface area contributed by atoms with Crippen molar-refractivity contribution < 1.29 is 0 Å². The van der Waals surface area contributed by atoms with E-state index in [0.29, 0.717) is 15.7 Å². The zero-order valence-electron chi connectivity index (χ0n) is 8.28. The predicted molar refractivity (Wildman–Crippen MR) is 63.0 cm³/mol. The van der Waals surface area contributed by atoms with Crippen molar-refractivity contribution in [2.75, 3.05) is 0 Å². The Labute approximate surface area is 101 Å². The smallest absolute Gasteiger partial charge is 0.185 e. The first-order chi connectivity index (χ1) is 7.66. The molecule has 0 N–H and O–H groups in total. The number of aryl methyl sites for hydroxylation is 1. The van der Waals surface area contributed by atoms with E-state index in [9.17, 15) is 0 Å². The summed E-state index contributed by atoms with van der Waals surface area (Å²) < 4.78 is 1.67. The van der Waals surface area contributed by atoms with E-state index < -0.39 is 0 Å². The molecule has 0 bridgehead atoms. The van der Waals surface area contributed by atoms with E-state index in [-0.39, 0.29) is 0 Å². The van der Waals surface area contributed by atoms with Crippen LogP contribution in [0.15, 0.2) is 18.3 Å². The lowest BCUT2D eigenvalue weighted by atomic mass is 10.2. The predicted octanol–water partition coefficient (Wildman–Crippen LogP) is 2.89. The second-order valence-electron chi connectivity index (χ2n) is 3.48. The Hall–Kier alpha value is -1.39. The molecule has 0 amide bonds. The van der Waals surface area contributed by atoms with Crippen LogP contribution in [0.1, 0.15) is 5.82 Å². The van der Waals surface area contributed by atoms with Gasteiger partial charge in [0, 0.05) is 10.8 Å². The van der Waals surface area contributed by atoms with Gasteiger partial charge in [-0.1, -0.05) is 23.2 Å². The Morgan fingerprint density at radius 1 is 1.12 bits per heavy atom. The summed E-state index contributed by atoms with van der Waals surface area (Å²) in [5.74, 6) is 0.739. The maximum Gasteiger partial charge on any atom is 0.185 e. The molecule has 0 aliphatic rings. The van der Waals surface area contributed by atoms with Crippen molar-refractivity contribution in [3.05, 3.63) is 34.2 Å². The summed E-state index contributed by atoms with van der Waals surface area (Å²) in [7, 11) is 0. The van der Waals surface area contributed by atoms with Gasteiger partial charge in [0.1, 0.15) is 0 Å². The maximum atomic E-state index is 5.99. The highest BCUT2D eigenvalue weighted by molar-refractivity contribution is 6.43. The van der Waals surface area contributed by atoms with Gasteiger partial charge in [0.25, 0.3) is 0 Å². The SMILES string of the molecule is Cc1nnc2c3cc(Cl)c(Cl)cc3cnn12. The fourth-order valence-corrected chi connectivity index (χ4v) is 1.98. The molecule has 0 saturated heterocycles. The van der Waals surface area contributed by atoms with Crippen LogP contribution in [-0.4, -0.2) is 19.8 Å². The lowest BCUT2D eigenvalue weighted by Crippen LogP contribution is -1.94. The van der Waals surface area contributed by atoms with Gasteiger partial charge in [-0.3, -0.25) is 0 Å². The minimum absolute atomic E-state index is 0.503. The summed E-state index contributed by atoms with van der Waals surface area (Å²) in [4.78, 5) is 0. The third kappa shape index (κ3) is 1.27. The fourth-order valence-electron chi connectivity index (χ4n) is 1.65. The van der Waals surface area contributed by atoms with Crippen LogP contribution in [0.5, 0.6) is 0 Å². The van der Waals surface area contributed by atoms with Crippen LogP contribution in [-0.2, 0) is 0 Å². The molecule has 1 aromatic carbocycles. The molecule has 16 heavy (non-hydrogen) atoms. The van der Waals surface area contributed by atoms with Crippen molar-refractivity contribution in [2.24, 2.45) is 0 Å². The molecule has 0 unspecified atom stereocenters. The quantitative estimate of drug-likeness (QED) is 0.618. The molecule has 3 aromatic rings. The van der Waals surface area contributed by atoms with Crippen molar-refractivity contribution in [1.82, 2.24) is 19.8 Å². The Morgan fingerprint density at radius 2 is 1.88 bits per heavy atom. The van der Waals surface area contributed by atoms with Crippen LogP contribution in [0.2, 0.25) is 10.0 Å². The van der Waals surface area contributed by atoms with Crippen molar-refractivity contribution >= 4 is 39.6 Å². The van der Waals surface area contributed by atoms with E-state index in [1.807, 2.05) is 6.92 Å². The van der Waals surface area contributed by atoms with Gasteiger partial charge in [-0.15, -0.1) is 10.2 Å². The first-order valence-corrected chi connectivity index (χ1v) is 5.38. The molecule has 0 spiro atoms. The first-order valence-electron chi connectivity index (χ1n) is 4.62. The molecule has 0 radical (unpaired) electrons. The van der Waals surface area contributed by atoms with Gasteiger partial charge < -0.3 is 0 Å². The van der Waals surface area contributed by atoms with Gasteiger partial charge in [-0.2, -0.15) is 9.61 Å². The standard InChI is InChI=1S/C10H6Cl2N4/c1-5-14-15-10-7-3-9(12)8(11)2-6(7)4-13-16(5)10/h2-4H,1H3. The Kier molecular flexibility index (Phi) is 2.02. The number of hydrogen-bond donors (Lipinski definition) is 0. The average Bonchev–Trinajstić information content (AvgIpc) is 2.63. The molecule has 4 nitrogen and oxygen atoms in total. The van der Waals surface area contributed by atoms with Crippen LogP contribution in [0.3, 0.4) is 0 Å². The van der Waals surface area contributed by atoms with Gasteiger partial charge in [-0.25, -0.2) is 0 Å². The molecule has 0 atom stereocenters. The van der Waals surface area contributed by atoms with Gasteiger partial charge in [0.05, 0.1) is 16.2 Å². The van der Waals surface area contributed by atoms with Crippen LogP contribution >= 0.6 is 23.2 Å². The number of nitrogens with zero attached hydrogens (tertiary/aromatic N) is 4. The molecule has 3 rings (SSSR count). The van der Waals surface area contributed by atoms with Crippen molar-refractivity contribution in [3.63, 3.8) is 0 Å². The minimum atomic E-state index is 0.503. The third-order valence-electron chi connectivity index (χ3n) is 2.44. The lowest BCUT2D eigenvalue weighted by molar-refractivity contribution is 0.881. The second kappa shape index (κ2) is 3.30. The number of halogens is 2. The summed E-state index contributed by atoms with van der Waals surface area (Å²) in [6.45, 7) is 1.84. The third-order valence-corrected chi connectivity index (χ3v) is 3.16. The topological polar surface area (TPSA) is 43.1 Å². The largest absolute Gasteiger partial charge is 0.197 e. The van der Waals surface area contributed by atoms with Crippen molar-refractivity contribution in [3.8, 4) is 0 Å². The molecule has 6 heteroatoms. The van der Waals surface area contributed by atoms with E-state index in [1.165, 1.54) is 0 Å².